The van der Waals surface area contributed by atoms with Crippen LogP contribution in [-0.2, 0) is 0 Å². The van der Waals surface area contributed by atoms with Crippen molar-refractivity contribution in [2.24, 2.45) is 0 Å². The average Bonchev–Trinajstić information content (AvgIpc) is 3.16. The van der Waals surface area contributed by atoms with Gasteiger partial charge in [-0.15, -0.1) is 11.3 Å². The summed E-state index contributed by atoms with van der Waals surface area (Å²) in [6, 6.07) is 3.20. The first-order chi connectivity index (χ1) is 10.8. The van der Waals surface area contributed by atoms with Gasteiger partial charge in [0.1, 0.15) is 0 Å². The third kappa shape index (κ3) is 3.13. The van der Waals surface area contributed by atoms with Crippen LogP contribution in [0.15, 0.2) is 22.0 Å². The Hall–Kier alpha value is -1.45. The van der Waals surface area contributed by atoms with Gasteiger partial charge in [-0.05, 0) is 37.8 Å². The van der Waals surface area contributed by atoms with E-state index in [1.165, 1.54) is 16.2 Å². The van der Waals surface area contributed by atoms with Crippen LogP contribution < -0.4 is 0 Å². The standard InChI is InChI=1S/C14H16F3N3O2S/c1-9(12-18-11(19-22-12)10-4-2-7-23-10)20-6-3-5-13(21,8-20)14(15,16)17/h2,4,7,9,21H,3,5-6,8H2,1H3/t9-,13+/m0/s1. The zero-order valence-corrected chi connectivity index (χ0v) is 13.2. The molecule has 0 radical (unpaired) electrons. The van der Waals surface area contributed by atoms with Crippen LogP contribution in [0.4, 0.5) is 13.2 Å². The van der Waals surface area contributed by atoms with Crippen LogP contribution in [0, 0.1) is 0 Å². The molecule has 3 heterocycles. The van der Waals surface area contributed by atoms with Crippen molar-refractivity contribution in [1.29, 1.82) is 0 Å². The summed E-state index contributed by atoms with van der Waals surface area (Å²) in [6.45, 7) is 1.65. The minimum atomic E-state index is -4.65. The summed E-state index contributed by atoms with van der Waals surface area (Å²) in [4.78, 5) is 6.63. The fourth-order valence-electron chi connectivity index (χ4n) is 2.70. The van der Waals surface area contributed by atoms with E-state index in [0.29, 0.717) is 12.4 Å². The highest BCUT2D eigenvalue weighted by atomic mass is 32.1. The quantitative estimate of drug-likeness (QED) is 0.923. The normalized spacial score (nSPS) is 24.7. The van der Waals surface area contributed by atoms with E-state index in [-0.39, 0.29) is 18.7 Å². The predicted molar refractivity (Wildman–Crippen MR) is 77.8 cm³/mol. The van der Waals surface area contributed by atoms with E-state index >= 15 is 0 Å². The lowest BCUT2D eigenvalue weighted by Crippen LogP contribution is -2.57. The van der Waals surface area contributed by atoms with Gasteiger partial charge in [-0.25, -0.2) is 0 Å². The van der Waals surface area contributed by atoms with E-state index in [9.17, 15) is 18.3 Å². The third-order valence-electron chi connectivity index (χ3n) is 4.12. The maximum atomic E-state index is 13.0. The van der Waals surface area contributed by atoms with Crippen molar-refractivity contribution in [2.45, 2.75) is 37.6 Å². The molecule has 1 aliphatic heterocycles. The van der Waals surface area contributed by atoms with E-state index in [0.717, 1.165) is 4.88 Å². The highest BCUT2D eigenvalue weighted by Gasteiger charge is 2.55. The molecule has 3 rings (SSSR count). The monoisotopic (exact) mass is 347 g/mol. The molecular weight excluding hydrogens is 331 g/mol. The summed E-state index contributed by atoms with van der Waals surface area (Å²) in [5.41, 5.74) is -2.68. The number of β-amino-alcohol motifs (C(OH)–C–C–N with tert-alkyl or cyclic N) is 1. The first-order valence-corrected chi connectivity index (χ1v) is 8.09. The Bertz CT molecular complexity index is 659. The molecule has 23 heavy (non-hydrogen) atoms. The van der Waals surface area contributed by atoms with Crippen molar-refractivity contribution in [1.82, 2.24) is 15.0 Å². The molecule has 0 saturated carbocycles. The van der Waals surface area contributed by atoms with Gasteiger partial charge in [-0.1, -0.05) is 11.2 Å². The van der Waals surface area contributed by atoms with Crippen molar-refractivity contribution in [2.75, 3.05) is 13.1 Å². The van der Waals surface area contributed by atoms with E-state index in [2.05, 4.69) is 10.1 Å². The van der Waals surface area contributed by atoms with Gasteiger partial charge < -0.3 is 9.63 Å². The van der Waals surface area contributed by atoms with E-state index < -0.39 is 24.4 Å². The average molecular weight is 347 g/mol. The fourth-order valence-corrected chi connectivity index (χ4v) is 3.35. The van der Waals surface area contributed by atoms with Crippen LogP contribution in [0.5, 0.6) is 0 Å². The SMILES string of the molecule is C[C@@H](c1nc(-c2cccs2)no1)N1CCC[C@](O)(C(F)(F)F)C1. The van der Waals surface area contributed by atoms with Crippen molar-refractivity contribution < 1.29 is 22.8 Å². The van der Waals surface area contributed by atoms with Crippen LogP contribution >= 0.6 is 11.3 Å². The number of aromatic nitrogens is 2. The lowest BCUT2D eigenvalue weighted by molar-refractivity contribution is -0.276. The Morgan fingerprint density at radius 2 is 2.26 bits per heavy atom. The van der Waals surface area contributed by atoms with Gasteiger partial charge in [0.25, 0.3) is 0 Å². The molecular formula is C14H16F3N3O2S. The molecule has 2 atom stereocenters. The Labute approximate surface area is 134 Å². The summed E-state index contributed by atoms with van der Waals surface area (Å²) >= 11 is 1.45. The Balaban J connectivity index is 1.76. The second-order valence-corrected chi connectivity index (χ2v) is 6.66. The largest absolute Gasteiger partial charge is 0.418 e. The number of hydrogen-bond donors (Lipinski definition) is 1. The zero-order chi connectivity index (χ0) is 16.7. The van der Waals surface area contributed by atoms with Crippen molar-refractivity contribution in [3.05, 3.63) is 23.4 Å². The van der Waals surface area contributed by atoms with Crippen LogP contribution in [0.25, 0.3) is 10.7 Å². The number of nitrogens with zero attached hydrogens (tertiary/aromatic N) is 3. The van der Waals surface area contributed by atoms with Crippen molar-refractivity contribution in [3.8, 4) is 10.7 Å². The van der Waals surface area contributed by atoms with E-state index in [1.54, 1.807) is 6.92 Å². The summed E-state index contributed by atoms with van der Waals surface area (Å²) in [7, 11) is 0. The molecule has 0 bridgehead atoms. The molecule has 2 aromatic heterocycles. The second kappa shape index (κ2) is 5.88. The number of piperidine rings is 1. The van der Waals surface area contributed by atoms with Gasteiger partial charge >= 0.3 is 6.18 Å². The fraction of sp³-hybridized carbons (Fsp3) is 0.571. The zero-order valence-electron chi connectivity index (χ0n) is 12.4. The Morgan fingerprint density at radius 1 is 1.48 bits per heavy atom. The van der Waals surface area contributed by atoms with Gasteiger partial charge in [0.05, 0.1) is 10.9 Å². The first-order valence-electron chi connectivity index (χ1n) is 7.21. The maximum absolute atomic E-state index is 13.0. The third-order valence-corrected chi connectivity index (χ3v) is 4.98. The van der Waals surface area contributed by atoms with E-state index in [4.69, 9.17) is 4.52 Å². The molecule has 0 spiro atoms. The number of alkyl halides is 3. The molecule has 2 aromatic rings. The number of halogens is 3. The van der Waals surface area contributed by atoms with Gasteiger partial charge in [0.2, 0.25) is 11.7 Å². The highest BCUT2D eigenvalue weighted by molar-refractivity contribution is 7.13. The molecule has 1 fully saturated rings. The van der Waals surface area contributed by atoms with Gasteiger partial charge in [0, 0.05) is 6.54 Å². The second-order valence-electron chi connectivity index (χ2n) is 5.71. The number of thiophene rings is 1. The van der Waals surface area contributed by atoms with Crippen LogP contribution in [0.3, 0.4) is 0 Å². The molecule has 0 aliphatic carbocycles. The van der Waals surface area contributed by atoms with Crippen LogP contribution in [0.2, 0.25) is 0 Å². The Kier molecular flexibility index (Phi) is 4.19. The number of aliphatic hydroxyl groups is 1. The molecule has 9 heteroatoms. The minimum absolute atomic E-state index is 0.250. The predicted octanol–water partition coefficient (Wildman–Crippen LogP) is 3.25. The number of hydrogen-bond acceptors (Lipinski definition) is 6. The first kappa shape index (κ1) is 16.4. The van der Waals surface area contributed by atoms with Gasteiger partial charge in [-0.2, -0.15) is 18.2 Å². The lowest BCUT2D eigenvalue weighted by atomic mass is 9.91. The molecule has 1 aliphatic rings. The van der Waals surface area contributed by atoms with Gasteiger partial charge in [0.15, 0.2) is 5.60 Å². The summed E-state index contributed by atoms with van der Waals surface area (Å²) in [6.07, 6.45) is -4.68. The molecule has 1 saturated heterocycles. The van der Waals surface area contributed by atoms with E-state index in [1.807, 2.05) is 17.5 Å². The highest BCUT2D eigenvalue weighted by Crippen LogP contribution is 2.39. The molecule has 1 N–H and O–H groups in total. The summed E-state index contributed by atoms with van der Waals surface area (Å²) in [5.74, 6) is 0.671. The maximum Gasteiger partial charge on any atom is 0.418 e. The molecule has 0 amide bonds. The minimum Gasteiger partial charge on any atom is -0.379 e. The molecule has 5 nitrogen and oxygen atoms in total. The molecule has 126 valence electrons. The Morgan fingerprint density at radius 3 is 2.91 bits per heavy atom. The van der Waals surface area contributed by atoms with Crippen molar-refractivity contribution in [3.63, 3.8) is 0 Å². The summed E-state index contributed by atoms with van der Waals surface area (Å²) < 4.78 is 44.3. The van der Waals surface area contributed by atoms with Gasteiger partial charge in [-0.3, -0.25) is 4.90 Å². The van der Waals surface area contributed by atoms with Crippen LogP contribution in [0.1, 0.15) is 31.7 Å². The lowest BCUT2D eigenvalue weighted by Gasteiger charge is -2.41. The molecule has 0 unspecified atom stereocenters. The number of rotatable bonds is 3. The summed E-state index contributed by atoms with van der Waals surface area (Å²) in [5, 5.41) is 15.6. The molecule has 0 aromatic carbocycles. The smallest absolute Gasteiger partial charge is 0.379 e. The number of likely N-dealkylation sites (tertiary alicyclic amines) is 1. The topological polar surface area (TPSA) is 62.4 Å². The van der Waals surface area contributed by atoms with Crippen LogP contribution in [-0.4, -0.2) is 45.0 Å². The van der Waals surface area contributed by atoms with Crippen molar-refractivity contribution >= 4 is 11.3 Å².